The van der Waals surface area contributed by atoms with Gasteiger partial charge in [0.1, 0.15) is 5.82 Å². The maximum Gasteiger partial charge on any atom is 0.314 e. The topological polar surface area (TPSA) is 87.6 Å². The van der Waals surface area contributed by atoms with Crippen molar-refractivity contribution in [3.05, 3.63) is 41.1 Å². The number of ether oxygens (including phenoxy) is 1. The van der Waals surface area contributed by atoms with Gasteiger partial charge < -0.3 is 20.1 Å². The van der Waals surface area contributed by atoms with E-state index in [1.54, 1.807) is 0 Å². The molecular formula is C22H26N4O3. The van der Waals surface area contributed by atoms with Gasteiger partial charge in [0.05, 0.1) is 24.3 Å². The Morgan fingerprint density at radius 1 is 1.07 bits per heavy atom. The Bertz CT molecular complexity index is 918. The van der Waals surface area contributed by atoms with Crippen LogP contribution >= 0.6 is 0 Å². The molecule has 7 heteroatoms. The molecule has 0 bridgehead atoms. The van der Waals surface area contributed by atoms with Gasteiger partial charge in [0, 0.05) is 24.3 Å². The van der Waals surface area contributed by atoms with Crippen LogP contribution in [0.1, 0.15) is 42.5 Å². The quantitative estimate of drug-likeness (QED) is 0.806. The molecule has 152 valence electrons. The standard InChI is InChI=1S/C22H26N4O3/c27-20(28)22(9-2-10-22)15-5-7-16(8-6-15)23-19-17-3-1-4-18(17)24-21(25-19)26-11-13-29-14-12-26/h5-8H,1-4,9-14H2,(H,27,28)(H,23,24,25). The molecule has 2 aromatic rings. The summed E-state index contributed by atoms with van der Waals surface area (Å²) in [6.07, 6.45) is 5.50. The van der Waals surface area contributed by atoms with Crippen molar-refractivity contribution < 1.29 is 14.6 Å². The number of carbonyl (C=O) groups is 1. The van der Waals surface area contributed by atoms with Crippen molar-refractivity contribution in [2.75, 3.05) is 36.5 Å². The third-order valence-corrected chi connectivity index (χ3v) is 6.53. The number of hydrogen-bond donors (Lipinski definition) is 2. The van der Waals surface area contributed by atoms with E-state index in [-0.39, 0.29) is 0 Å². The average Bonchev–Trinajstić information content (AvgIpc) is 3.18. The first-order chi connectivity index (χ1) is 14.2. The average molecular weight is 394 g/mol. The number of carboxylic acids is 1. The Kier molecular flexibility index (Phi) is 4.62. The second-order valence-corrected chi connectivity index (χ2v) is 8.19. The highest BCUT2D eigenvalue weighted by Crippen LogP contribution is 2.44. The first-order valence-corrected chi connectivity index (χ1v) is 10.5. The number of benzene rings is 1. The minimum Gasteiger partial charge on any atom is -0.481 e. The number of anilines is 3. The molecule has 1 saturated heterocycles. The Balaban J connectivity index is 1.41. The van der Waals surface area contributed by atoms with Crippen LogP contribution in [0.25, 0.3) is 0 Å². The summed E-state index contributed by atoms with van der Waals surface area (Å²) in [4.78, 5) is 23.6. The van der Waals surface area contributed by atoms with Gasteiger partial charge in [-0.05, 0) is 49.8 Å². The fourth-order valence-electron chi connectivity index (χ4n) is 4.59. The third-order valence-electron chi connectivity index (χ3n) is 6.53. The highest BCUT2D eigenvalue weighted by Gasteiger charge is 2.45. The Morgan fingerprint density at radius 3 is 2.48 bits per heavy atom. The number of aliphatic carboxylic acids is 1. The number of carboxylic acid groups (broad SMARTS) is 1. The summed E-state index contributed by atoms with van der Waals surface area (Å²) in [5.41, 5.74) is 3.46. The highest BCUT2D eigenvalue weighted by molar-refractivity contribution is 5.83. The van der Waals surface area contributed by atoms with Gasteiger partial charge in [-0.2, -0.15) is 4.98 Å². The monoisotopic (exact) mass is 394 g/mol. The predicted octanol–water partition coefficient (Wildman–Crippen LogP) is 3.05. The maximum absolute atomic E-state index is 11.7. The lowest BCUT2D eigenvalue weighted by molar-refractivity contribution is -0.147. The minimum absolute atomic E-state index is 0.696. The van der Waals surface area contributed by atoms with Gasteiger partial charge in [-0.3, -0.25) is 4.79 Å². The van der Waals surface area contributed by atoms with Gasteiger partial charge in [0.25, 0.3) is 0 Å². The highest BCUT2D eigenvalue weighted by atomic mass is 16.5. The summed E-state index contributed by atoms with van der Waals surface area (Å²) < 4.78 is 5.45. The molecule has 1 aliphatic heterocycles. The van der Waals surface area contributed by atoms with E-state index in [0.29, 0.717) is 13.2 Å². The van der Waals surface area contributed by atoms with Crippen LogP contribution in [0.3, 0.4) is 0 Å². The molecule has 7 nitrogen and oxygen atoms in total. The van der Waals surface area contributed by atoms with Crippen LogP contribution in [0, 0.1) is 0 Å². The molecular weight excluding hydrogens is 368 g/mol. The lowest BCUT2D eigenvalue weighted by Gasteiger charge is -2.38. The van der Waals surface area contributed by atoms with Crippen LogP contribution in [0.15, 0.2) is 24.3 Å². The molecule has 2 N–H and O–H groups in total. The van der Waals surface area contributed by atoms with Crippen molar-refractivity contribution in [3.8, 4) is 0 Å². The molecule has 2 heterocycles. The number of nitrogens with zero attached hydrogens (tertiary/aromatic N) is 3. The van der Waals surface area contributed by atoms with Crippen LogP contribution in [-0.4, -0.2) is 47.3 Å². The normalized spacial score (nSPS) is 20.1. The zero-order valence-electron chi connectivity index (χ0n) is 16.5. The fraction of sp³-hybridized carbons (Fsp3) is 0.500. The zero-order chi connectivity index (χ0) is 19.8. The van der Waals surface area contributed by atoms with E-state index in [4.69, 9.17) is 14.7 Å². The first-order valence-electron chi connectivity index (χ1n) is 10.5. The molecule has 0 amide bonds. The largest absolute Gasteiger partial charge is 0.481 e. The molecule has 2 aliphatic carbocycles. The summed E-state index contributed by atoms with van der Waals surface area (Å²) in [6.45, 7) is 3.03. The van der Waals surface area contributed by atoms with Crippen LogP contribution < -0.4 is 10.2 Å². The Hall–Kier alpha value is -2.67. The van der Waals surface area contributed by atoms with Crippen molar-refractivity contribution in [2.24, 2.45) is 0 Å². The number of fused-ring (bicyclic) bond motifs is 1. The smallest absolute Gasteiger partial charge is 0.314 e. The van der Waals surface area contributed by atoms with Gasteiger partial charge in [-0.1, -0.05) is 18.6 Å². The van der Waals surface area contributed by atoms with Crippen molar-refractivity contribution >= 4 is 23.4 Å². The summed E-state index contributed by atoms with van der Waals surface area (Å²) >= 11 is 0. The minimum atomic E-state index is -0.715. The lowest BCUT2D eigenvalue weighted by Crippen LogP contribution is -2.42. The molecule has 0 unspecified atom stereocenters. The molecule has 1 saturated carbocycles. The van der Waals surface area contributed by atoms with Gasteiger partial charge in [0.15, 0.2) is 0 Å². The van der Waals surface area contributed by atoms with Crippen LogP contribution in [0.4, 0.5) is 17.5 Å². The van der Waals surface area contributed by atoms with Crippen molar-refractivity contribution in [3.63, 3.8) is 0 Å². The van der Waals surface area contributed by atoms with Crippen LogP contribution in [-0.2, 0) is 27.8 Å². The first kappa shape index (κ1) is 18.4. The van der Waals surface area contributed by atoms with E-state index < -0.39 is 11.4 Å². The van der Waals surface area contributed by atoms with Crippen LogP contribution in [0.5, 0.6) is 0 Å². The molecule has 0 spiro atoms. The van der Waals surface area contributed by atoms with E-state index in [9.17, 15) is 9.90 Å². The van der Waals surface area contributed by atoms with Crippen molar-refractivity contribution in [2.45, 2.75) is 43.9 Å². The Morgan fingerprint density at radius 2 is 1.83 bits per heavy atom. The number of hydrogen-bond acceptors (Lipinski definition) is 6. The predicted molar refractivity (Wildman–Crippen MR) is 110 cm³/mol. The third kappa shape index (κ3) is 3.23. The number of rotatable bonds is 5. The molecule has 1 aromatic heterocycles. The van der Waals surface area contributed by atoms with E-state index >= 15 is 0 Å². The summed E-state index contributed by atoms with van der Waals surface area (Å²) in [5, 5.41) is 13.1. The number of morpholine rings is 1. The molecule has 5 rings (SSSR count). The van der Waals surface area contributed by atoms with E-state index in [0.717, 1.165) is 80.3 Å². The lowest BCUT2D eigenvalue weighted by atomic mass is 9.64. The second kappa shape index (κ2) is 7.30. The van der Waals surface area contributed by atoms with Gasteiger partial charge in [-0.15, -0.1) is 0 Å². The van der Waals surface area contributed by atoms with Gasteiger partial charge in [-0.25, -0.2) is 4.98 Å². The van der Waals surface area contributed by atoms with Gasteiger partial charge in [0.2, 0.25) is 5.95 Å². The number of aromatic nitrogens is 2. The van der Waals surface area contributed by atoms with Crippen molar-refractivity contribution in [1.29, 1.82) is 0 Å². The SMILES string of the molecule is O=C(O)C1(c2ccc(Nc3nc(N4CCOCC4)nc4c3CCC4)cc2)CCC1. The Labute approximate surface area is 170 Å². The summed E-state index contributed by atoms with van der Waals surface area (Å²) in [6, 6.07) is 7.83. The molecule has 0 atom stereocenters. The van der Waals surface area contributed by atoms with Gasteiger partial charge >= 0.3 is 5.97 Å². The molecule has 2 fully saturated rings. The van der Waals surface area contributed by atoms with E-state index in [1.807, 2.05) is 24.3 Å². The molecule has 3 aliphatic rings. The molecule has 0 radical (unpaired) electrons. The summed E-state index contributed by atoms with van der Waals surface area (Å²) in [5.74, 6) is 0.930. The maximum atomic E-state index is 11.7. The fourth-order valence-corrected chi connectivity index (χ4v) is 4.59. The molecule has 1 aromatic carbocycles. The van der Waals surface area contributed by atoms with Crippen molar-refractivity contribution in [1.82, 2.24) is 9.97 Å². The van der Waals surface area contributed by atoms with E-state index in [2.05, 4.69) is 10.2 Å². The zero-order valence-corrected chi connectivity index (χ0v) is 16.5. The van der Waals surface area contributed by atoms with Crippen LogP contribution in [0.2, 0.25) is 0 Å². The second-order valence-electron chi connectivity index (χ2n) is 8.19. The number of nitrogens with one attached hydrogen (secondary N) is 1. The van der Waals surface area contributed by atoms with E-state index in [1.165, 1.54) is 5.56 Å². The molecule has 29 heavy (non-hydrogen) atoms. The number of aryl methyl sites for hydroxylation is 1. The summed E-state index contributed by atoms with van der Waals surface area (Å²) in [7, 11) is 0.